The number of benzene rings is 1. The highest BCUT2D eigenvalue weighted by Gasteiger charge is 2.28. The fourth-order valence-electron chi connectivity index (χ4n) is 3.71. The van der Waals surface area contributed by atoms with Gasteiger partial charge in [-0.15, -0.1) is 0 Å². The van der Waals surface area contributed by atoms with Crippen LogP contribution in [0.2, 0.25) is 0 Å². The van der Waals surface area contributed by atoms with E-state index in [2.05, 4.69) is 19.8 Å². The smallest absolute Gasteiger partial charge is 0.244 e. The number of sulfonamides is 1. The Labute approximate surface area is 170 Å². The summed E-state index contributed by atoms with van der Waals surface area (Å²) in [5.41, 5.74) is 1.79. The lowest BCUT2D eigenvalue weighted by atomic mass is 9.92. The summed E-state index contributed by atoms with van der Waals surface area (Å²) in [5, 5.41) is 4.49. The Kier molecular flexibility index (Phi) is 5.59. The van der Waals surface area contributed by atoms with E-state index in [4.69, 9.17) is 4.74 Å². The van der Waals surface area contributed by atoms with Crippen LogP contribution in [0.3, 0.4) is 0 Å². The molecule has 1 N–H and O–H groups in total. The van der Waals surface area contributed by atoms with Crippen LogP contribution in [0.15, 0.2) is 60.1 Å². The number of nitrogens with zero attached hydrogens (tertiary/aromatic N) is 4. The number of hydrogen-bond acceptors (Lipinski definition) is 6. The maximum Gasteiger partial charge on any atom is 0.244 e. The Morgan fingerprint density at radius 3 is 2.66 bits per heavy atom. The molecule has 0 saturated heterocycles. The summed E-state index contributed by atoms with van der Waals surface area (Å²) in [6.45, 7) is 0. The highest BCUT2D eigenvalue weighted by atomic mass is 32.2. The van der Waals surface area contributed by atoms with Gasteiger partial charge >= 0.3 is 0 Å². The zero-order valence-electron chi connectivity index (χ0n) is 16.1. The van der Waals surface area contributed by atoms with Crippen LogP contribution in [0, 0.1) is 0 Å². The average molecular weight is 414 g/mol. The summed E-state index contributed by atoms with van der Waals surface area (Å²) in [6.07, 6.45) is 10.2. The minimum Gasteiger partial charge on any atom is -0.495 e. The fraction of sp³-hybridized carbons (Fsp3) is 0.350. The van der Waals surface area contributed by atoms with Crippen molar-refractivity contribution >= 4 is 10.0 Å². The van der Waals surface area contributed by atoms with Gasteiger partial charge in [0, 0.05) is 24.0 Å². The summed E-state index contributed by atoms with van der Waals surface area (Å²) in [7, 11) is -2.16. The van der Waals surface area contributed by atoms with Crippen LogP contribution in [-0.4, -0.2) is 41.3 Å². The zero-order chi connectivity index (χ0) is 20.3. The van der Waals surface area contributed by atoms with Gasteiger partial charge in [-0.05, 0) is 43.9 Å². The molecule has 2 heterocycles. The van der Waals surface area contributed by atoms with E-state index in [1.807, 2.05) is 16.9 Å². The molecule has 2 aromatic heterocycles. The quantitative estimate of drug-likeness (QED) is 0.667. The van der Waals surface area contributed by atoms with Gasteiger partial charge in [0.05, 0.1) is 25.0 Å². The summed E-state index contributed by atoms with van der Waals surface area (Å²) in [4.78, 5) is 8.36. The highest BCUT2D eigenvalue weighted by molar-refractivity contribution is 7.89. The third kappa shape index (κ3) is 4.30. The largest absolute Gasteiger partial charge is 0.495 e. The van der Waals surface area contributed by atoms with Crippen molar-refractivity contribution in [3.63, 3.8) is 0 Å². The Hall–Kier alpha value is -2.78. The van der Waals surface area contributed by atoms with Crippen LogP contribution < -0.4 is 9.46 Å². The second kappa shape index (κ2) is 8.30. The van der Waals surface area contributed by atoms with E-state index in [-0.39, 0.29) is 17.0 Å². The second-order valence-corrected chi connectivity index (χ2v) is 8.76. The number of hydrogen-bond donors (Lipinski definition) is 1. The molecule has 1 aromatic carbocycles. The molecule has 9 heteroatoms. The first-order valence-corrected chi connectivity index (χ1v) is 11.0. The van der Waals surface area contributed by atoms with E-state index in [1.165, 1.54) is 13.4 Å². The van der Waals surface area contributed by atoms with Crippen LogP contribution in [0.5, 0.6) is 5.75 Å². The standard InChI is InChI=1S/C20H23N5O3S/c1-28-19-4-2-3-5-20(19)29(26,27)24-16-6-8-17(9-7-16)25-13-15(12-23-25)18-10-11-21-14-22-18/h2-5,10-14,16-17,24H,6-9H2,1H3. The molecule has 0 radical (unpaired) electrons. The molecule has 0 unspecified atom stereocenters. The lowest BCUT2D eigenvalue weighted by Crippen LogP contribution is -2.38. The average Bonchev–Trinajstić information content (AvgIpc) is 3.25. The molecule has 3 aromatic rings. The van der Waals surface area contributed by atoms with Gasteiger partial charge in [0.15, 0.2) is 0 Å². The molecule has 1 aliphatic carbocycles. The van der Waals surface area contributed by atoms with Crippen molar-refractivity contribution in [3.8, 4) is 17.0 Å². The monoisotopic (exact) mass is 413 g/mol. The predicted octanol–water partition coefficient (Wildman–Crippen LogP) is 2.81. The Balaban J connectivity index is 1.39. The van der Waals surface area contributed by atoms with Gasteiger partial charge in [-0.25, -0.2) is 23.1 Å². The van der Waals surface area contributed by atoms with Gasteiger partial charge in [0.25, 0.3) is 0 Å². The normalized spacial score (nSPS) is 19.8. The number of ether oxygens (including phenoxy) is 1. The van der Waals surface area contributed by atoms with Gasteiger partial charge in [-0.1, -0.05) is 12.1 Å². The van der Waals surface area contributed by atoms with E-state index in [9.17, 15) is 8.42 Å². The minimum atomic E-state index is -3.63. The molecule has 0 amide bonds. The van der Waals surface area contributed by atoms with Gasteiger partial charge < -0.3 is 4.74 Å². The van der Waals surface area contributed by atoms with Crippen LogP contribution in [0.4, 0.5) is 0 Å². The predicted molar refractivity (Wildman–Crippen MR) is 108 cm³/mol. The van der Waals surface area contributed by atoms with E-state index < -0.39 is 10.0 Å². The third-order valence-corrected chi connectivity index (χ3v) is 6.79. The lowest BCUT2D eigenvalue weighted by molar-refractivity contribution is 0.293. The van der Waals surface area contributed by atoms with Crippen LogP contribution in [0.1, 0.15) is 31.7 Å². The van der Waals surface area contributed by atoms with E-state index in [1.54, 1.807) is 36.7 Å². The SMILES string of the molecule is COc1ccccc1S(=O)(=O)NC1CCC(n2cc(-c3ccncn3)cn2)CC1. The molecular formula is C20H23N5O3S. The molecule has 1 fully saturated rings. The van der Waals surface area contributed by atoms with Crippen molar-refractivity contribution in [2.45, 2.75) is 42.7 Å². The minimum absolute atomic E-state index is 0.0990. The molecular weight excluding hydrogens is 390 g/mol. The Bertz CT molecular complexity index is 1060. The maximum atomic E-state index is 12.8. The van der Waals surface area contributed by atoms with Gasteiger partial charge in [-0.2, -0.15) is 5.10 Å². The molecule has 8 nitrogen and oxygen atoms in total. The molecule has 0 aliphatic heterocycles. The summed E-state index contributed by atoms with van der Waals surface area (Å²) < 4.78 is 35.5. The summed E-state index contributed by atoms with van der Waals surface area (Å²) in [5.74, 6) is 0.350. The van der Waals surface area contributed by atoms with E-state index in [0.717, 1.165) is 36.9 Å². The zero-order valence-corrected chi connectivity index (χ0v) is 16.9. The Morgan fingerprint density at radius 1 is 1.14 bits per heavy atom. The van der Waals surface area contributed by atoms with Gasteiger partial charge in [0.1, 0.15) is 17.0 Å². The molecule has 0 atom stereocenters. The molecule has 1 aliphatic rings. The van der Waals surface area contributed by atoms with Crippen LogP contribution in [-0.2, 0) is 10.0 Å². The fourth-order valence-corrected chi connectivity index (χ4v) is 5.19. The van der Waals surface area contributed by atoms with Crippen molar-refractivity contribution in [3.05, 3.63) is 55.2 Å². The Morgan fingerprint density at radius 2 is 1.93 bits per heavy atom. The van der Waals surface area contributed by atoms with Crippen molar-refractivity contribution in [1.29, 1.82) is 0 Å². The van der Waals surface area contributed by atoms with Crippen LogP contribution >= 0.6 is 0 Å². The van der Waals surface area contributed by atoms with E-state index in [0.29, 0.717) is 5.75 Å². The highest BCUT2D eigenvalue weighted by Crippen LogP contribution is 2.31. The van der Waals surface area contributed by atoms with Crippen LogP contribution in [0.25, 0.3) is 11.3 Å². The molecule has 4 rings (SSSR count). The van der Waals surface area contributed by atoms with E-state index >= 15 is 0 Å². The van der Waals surface area contributed by atoms with Gasteiger partial charge in [0.2, 0.25) is 10.0 Å². The summed E-state index contributed by atoms with van der Waals surface area (Å²) in [6, 6.07) is 8.66. The molecule has 1 saturated carbocycles. The van der Waals surface area contributed by atoms with Crippen molar-refractivity contribution in [2.75, 3.05) is 7.11 Å². The molecule has 29 heavy (non-hydrogen) atoms. The second-order valence-electron chi connectivity index (χ2n) is 7.08. The number of nitrogens with one attached hydrogen (secondary N) is 1. The number of aromatic nitrogens is 4. The number of rotatable bonds is 6. The first-order chi connectivity index (χ1) is 14.1. The van der Waals surface area contributed by atoms with Crippen molar-refractivity contribution in [1.82, 2.24) is 24.5 Å². The third-order valence-electron chi connectivity index (χ3n) is 5.23. The summed E-state index contributed by atoms with van der Waals surface area (Å²) >= 11 is 0. The maximum absolute atomic E-state index is 12.8. The molecule has 0 bridgehead atoms. The molecule has 0 spiro atoms. The van der Waals surface area contributed by atoms with Crippen molar-refractivity contribution < 1.29 is 13.2 Å². The molecule has 152 valence electrons. The first kappa shape index (κ1) is 19.5. The van der Waals surface area contributed by atoms with Crippen molar-refractivity contribution in [2.24, 2.45) is 0 Å². The topological polar surface area (TPSA) is 99.0 Å². The first-order valence-electron chi connectivity index (χ1n) is 9.53. The lowest BCUT2D eigenvalue weighted by Gasteiger charge is -2.29. The number of para-hydroxylation sites is 1. The number of methoxy groups -OCH3 is 1. The van der Waals surface area contributed by atoms with Gasteiger partial charge in [-0.3, -0.25) is 4.68 Å².